The summed E-state index contributed by atoms with van der Waals surface area (Å²) in [5.41, 5.74) is 5.26. The van der Waals surface area contributed by atoms with Gasteiger partial charge in [0.25, 0.3) is 0 Å². The van der Waals surface area contributed by atoms with Gasteiger partial charge in [-0.2, -0.15) is 0 Å². The van der Waals surface area contributed by atoms with E-state index in [1.165, 1.54) is 6.92 Å². The molecule has 0 spiro atoms. The topological polar surface area (TPSA) is 130 Å². The van der Waals surface area contributed by atoms with Crippen LogP contribution in [0.3, 0.4) is 0 Å². The first-order valence-corrected chi connectivity index (χ1v) is 6.52. The maximum Gasteiger partial charge on any atom is 0.335 e. The number of sulfonamides is 1. The zero-order valence-electron chi connectivity index (χ0n) is 9.62. The number of nitrogens with one attached hydrogen (secondary N) is 1. The maximum absolute atomic E-state index is 11.9. The normalized spacial score (nSPS) is 13.2. The van der Waals surface area contributed by atoms with E-state index in [-0.39, 0.29) is 22.8 Å². The van der Waals surface area contributed by atoms with Crippen LogP contribution in [-0.2, 0) is 10.0 Å². The summed E-state index contributed by atoms with van der Waals surface area (Å²) in [6.07, 6.45) is 0. The lowest BCUT2D eigenvalue weighted by Gasteiger charge is -2.13. The van der Waals surface area contributed by atoms with E-state index < -0.39 is 22.0 Å². The number of aliphatic hydroxyl groups excluding tert-OH is 1. The Balaban J connectivity index is 3.14. The van der Waals surface area contributed by atoms with Crippen LogP contribution in [0.1, 0.15) is 17.3 Å². The zero-order chi connectivity index (χ0) is 13.9. The van der Waals surface area contributed by atoms with Crippen molar-refractivity contribution < 1.29 is 23.4 Å². The Labute approximate surface area is 104 Å². The molecule has 1 aromatic rings. The van der Waals surface area contributed by atoms with Gasteiger partial charge in [0.1, 0.15) is 4.90 Å². The molecule has 0 radical (unpaired) electrons. The average Bonchev–Trinajstić information content (AvgIpc) is 2.27. The molecule has 0 bridgehead atoms. The van der Waals surface area contributed by atoms with Crippen molar-refractivity contribution in [3.8, 4) is 0 Å². The van der Waals surface area contributed by atoms with Crippen molar-refractivity contribution >= 4 is 21.7 Å². The second-order valence-corrected chi connectivity index (χ2v) is 5.45. The van der Waals surface area contributed by atoms with Gasteiger partial charge in [-0.3, -0.25) is 0 Å². The van der Waals surface area contributed by atoms with Crippen molar-refractivity contribution in [2.45, 2.75) is 17.9 Å². The monoisotopic (exact) mass is 274 g/mol. The number of hydrogen-bond acceptors (Lipinski definition) is 5. The zero-order valence-corrected chi connectivity index (χ0v) is 10.4. The standard InChI is InChI=1S/C10H14N2O5S/c1-6(5-13)12-18(16,17)9-3-2-7(10(14)15)4-8(9)11/h2-4,6,12-13H,5,11H2,1H3,(H,14,15)/t6-/m1/s1. The second-order valence-electron chi connectivity index (χ2n) is 3.76. The van der Waals surface area contributed by atoms with Crippen LogP contribution in [0.5, 0.6) is 0 Å². The summed E-state index contributed by atoms with van der Waals surface area (Å²) in [5, 5.41) is 17.5. The molecule has 0 amide bonds. The summed E-state index contributed by atoms with van der Waals surface area (Å²) in [6.45, 7) is 1.13. The molecule has 1 rings (SSSR count). The summed E-state index contributed by atoms with van der Waals surface area (Å²) in [4.78, 5) is 10.5. The van der Waals surface area contributed by atoms with E-state index in [4.69, 9.17) is 15.9 Å². The predicted molar refractivity (Wildman–Crippen MR) is 64.7 cm³/mol. The van der Waals surface area contributed by atoms with E-state index in [0.717, 1.165) is 18.2 Å². The van der Waals surface area contributed by atoms with Crippen molar-refractivity contribution in [1.82, 2.24) is 4.72 Å². The Hall–Kier alpha value is -1.64. The minimum absolute atomic E-state index is 0.0957. The third kappa shape index (κ3) is 3.19. The first kappa shape index (κ1) is 14.4. The molecule has 0 aliphatic rings. The van der Waals surface area contributed by atoms with Gasteiger partial charge >= 0.3 is 5.97 Å². The smallest absolute Gasteiger partial charge is 0.335 e. The molecule has 0 fully saturated rings. The van der Waals surface area contributed by atoms with Crippen LogP contribution in [0.15, 0.2) is 23.1 Å². The average molecular weight is 274 g/mol. The molecule has 1 aromatic carbocycles. The first-order valence-electron chi connectivity index (χ1n) is 5.04. The first-order chi connectivity index (χ1) is 8.27. The number of aliphatic hydroxyl groups is 1. The Bertz CT molecular complexity index is 555. The van der Waals surface area contributed by atoms with Crippen LogP contribution in [0.25, 0.3) is 0 Å². The van der Waals surface area contributed by atoms with Crippen LogP contribution in [-0.4, -0.2) is 37.2 Å². The van der Waals surface area contributed by atoms with Crippen molar-refractivity contribution in [2.75, 3.05) is 12.3 Å². The number of rotatable bonds is 5. The molecule has 7 nitrogen and oxygen atoms in total. The lowest BCUT2D eigenvalue weighted by Crippen LogP contribution is -2.35. The molecular formula is C10H14N2O5S. The Kier molecular flexibility index (Phi) is 4.28. The SMILES string of the molecule is C[C@H](CO)NS(=O)(=O)c1ccc(C(=O)O)cc1N. The Morgan fingerprint density at radius 1 is 1.50 bits per heavy atom. The number of carbonyl (C=O) groups is 1. The number of nitrogen functional groups attached to an aromatic ring is 1. The summed E-state index contributed by atoms with van der Waals surface area (Å²) in [6, 6.07) is 2.68. The van der Waals surface area contributed by atoms with E-state index in [2.05, 4.69) is 4.72 Å². The quantitative estimate of drug-likeness (QED) is 0.542. The van der Waals surface area contributed by atoms with Crippen LogP contribution in [0.2, 0.25) is 0 Å². The summed E-state index contributed by atoms with van der Waals surface area (Å²) < 4.78 is 25.9. The lowest BCUT2D eigenvalue weighted by atomic mass is 10.2. The van der Waals surface area contributed by atoms with Gasteiger partial charge in [-0.15, -0.1) is 0 Å². The fraction of sp³-hybridized carbons (Fsp3) is 0.300. The Morgan fingerprint density at radius 2 is 2.11 bits per heavy atom. The predicted octanol–water partition coefficient (Wildman–Crippen LogP) is -0.374. The maximum atomic E-state index is 11.9. The van der Waals surface area contributed by atoms with Crippen LogP contribution in [0, 0.1) is 0 Å². The van der Waals surface area contributed by atoms with E-state index in [1.807, 2.05) is 0 Å². The molecule has 0 aliphatic heterocycles. The van der Waals surface area contributed by atoms with Crippen molar-refractivity contribution in [3.05, 3.63) is 23.8 Å². The van der Waals surface area contributed by atoms with Gasteiger partial charge in [-0.25, -0.2) is 17.9 Å². The fourth-order valence-corrected chi connectivity index (χ4v) is 2.64. The molecule has 0 saturated heterocycles. The minimum Gasteiger partial charge on any atom is -0.478 e. The van der Waals surface area contributed by atoms with Gasteiger partial charge in [0, 0.05) is 6.04 Å². The molecule has 8 heteroatoms. The number of hydrogen-bond donors (Lipinski definition) is 4. The largest absolute Gasteiger partial charge is 0.478 e. The molecule has 18 heavy (non-hydrogen) atoms. The van der Waals surface area contributed by atoms with Gasteiger partial charge in [0.15, 0.2) is 0 Å². The molecule has 1 atom stereocenters. The molecule has 0 aliphatic carbocycles. The number of benzene rings is 1. The van der Waals surface area contributed by atoms with Crippen molar-refractivity contribution in [3.63, 3.8) is 0 Å². The summed E-state index contributed by atoms with van der Waals surface area (Å²) >= 11 is 0. The highest BCUT2D eigenvalue weighted by molar-refractivity contribution is 7.89. The summed E-state index contributed by atoms with van der Waals surface area (Å²) in [5.74, 6) is -1.19. The van der Waals surface area contributed by atoms with Gasteiger partial charge < -0.3 is 15.9 Å². The highest BCUT2D eigenvalue weighted by Crippen LogP contribution is 2.20. The van der Waals surface area contributed by atoms with E-state index in [0.29, 0.717) is 0 Å². The second kappa shape index (κ2) is 5.34. The van der Waals surface area contributed by atoms with Crippen molar-refractivity contribution in [2.24, 2.45) is 0 Å². The molecular weight excluding hydrogens is 260 g/mol. The highest BCUT2D eigenvalue weighted by Gasteiger charge is 2.20. The minimum atomic E-state index is -3.87. The van der Waals surface area contributed by atoms with E-state index in [1.54, 1.807) is 0 Å². The number of anilines is 1. The van der Waals surface area contributed by atoms with Crippen molar-refractivity contribution in [1.29, 1.82) is 0 Å². The van der Waals surface area contributed by atoms with E-state index >= 15 is 0 Å². The number of nitrogens with two attached hydrogens (primary N) is 1. The molecule has 0 saturated carbocycles. The van der Waals surface area contributed by atoms with Crippen LogP contribution in [0.4, 0.5) is 5.69 Å². The molecule has 0 aromatic heterocycles. The van der Waals surface area contributed by atoms with Gasteiger partial charge in [0.05, 0.1) is 17.9 Å². The third-order valence-electron chi connectivity index (χ3n) is 2.18. The van der Waals surface area contributed by atoms with Gasteiger partial charge in [0.2, 0.25) is 10.0 Å². The van der Waals surface area contributed by atoms with Gasteiger partial charge in [-0.05, 0) is 25.1 Å². The Morgan fingerprint density at radius 3 is 2.56 bits per heavy atom. The number of carboxylic acids is 1. The third-order valence-corrected chi connectivity index (χ3v) is 3.84. The molecule has 100 valence electrons. The van der Waals surface area contributed by atoms with Crippen LogP contribution >= 0.6 is 0 Å². The number of aromatic carboxylic acids is 1. The summed E-state index contributed by atoms with van der Waals surface area (Å²) in [7, 11) is -3.87. The van der Waals surface area contributed by atoms with Gasteiger partial charge in [-0.1, -0.05) is 0 Å². The van der Waals surface area contributed by atoms with Crippen LogP contribution < -0.4 is 10.5 Å². The molecule has 5 N–H and O–H groups in total. The number of carboxylic acid groups (broad SMARTS) is 1. The highest BCUT2D eigenvalue weighted by atomic mass is 32.2. The van der Waals surface area contributed by atoms with E-state index in [9.17, 15) is 13.2 Å². The fourth-order valence-electron chi connectivity index (χ4n) is 1.29. The molecule has 0 heterocycles. The molecule has 0 unspecified atom stereocenters. The lowest BCUT2D eigenvalue weighted by molar-refractivity contribution is 0.0697.